The van der Waals surface area contributed by atoms with Crippen LogP contribution in [0.2, 0.25) is 0 Å². The highest BCUT2D eigenvalue weighted by atomic mass is 19.1. The first-order chi connectivity index (χ1) is 7.61. The Morgan fingerprint density at radius 3 is 2.81 bits per heavy atom. The van der Waals surface area contributed by atoms with Crippen molar-refractivity contribution in [3.8, 4) is 11.3 Å². The van der Waals surface area contributed by atoms with E-state index in [0.29, 0.717) is 17.1 Å². The summed E-state index contributed by atoms with van der Waals surface area (Å²) in [6.07, 6.45) is 2.64. The van der Waals surface area contributed by atoms with Gasteiger partial charge in [0.1, 0.15) is 0 Å². The van der Waals surface area contributed by atoms with Crippen molar-refractivity contribution in [2.24, 2.45) is 0 Å². The lowest BCUT2D eigenvalue weighted by molar-refractivity contribution is 0.432. The molecule has 0 aromatic carbocycles. The highest BCUT2D eigenvalue weighted by Crippen LogP contribution is 2.34. The molecule has 0 amide bonds. The summed E-state index contributed by atoms with van der Waals surface area (Å²) in [5, 5.41) is 3.67. The number of aromatic nitrogens is 2. The fourth-order valence-corrected chi connectivity index (χ4v) is 1.62. The Balaban J connectivity index is 2.61. The molecule has 84 valence electrons. The van der Waals surface area contributed by atoms with E-state index in [4.69, 9.17) is 10.3 Å². The average Bonchev–Trinajstić information content (AvgIpc) is 2.61. The molecule has 0 aliphatic heterocycles. The molecule has 2 N–H and O–H groups in total. The first-order valence-corrected chi connectivity index (χ1v) is 4.96. The van der Waals surface area contributed by atoms with Crippen molar-refractivity contribution in [3.63, 3.8) is 0 Å². The maximum absolute atomic E-state index is 13.5. The molecule has 2 rings (SSSR count). The second-order valence-corrected chi connectivity index (χ2v) is 3.82. The number of hydrogen-bond donors (Lipinski definition) is 1. The molecule has 0 bridgehead atoms. The van der Waals surface area contributed by atoms with Gasteiger partial charge in [0.25, 0.3) is 0 Å². The lowest BCUT2D eigenvalue weighted by Gasteiger charge is -2.05. The van der Waals surface area contributed by atoms with Gasteiger partial charge in [-0.05, 0) is 12.0 Å². The van der Waals surface area contributed by atoms with Gasteiger partial charge in [0.2, 0.25) is 0 Å². The molecule has 0 aliphatic carbocycles. The third-order valence-electron chi connectivity index (χ3n) is 2.35. The van der Waals surface area contributed by atoms with Crippen LogP contribution in [0.25, 0.3) is 11.3 Å². The van der Waals surface area contributed by atoms with E-state index < -0.39 is 5.82 Å². The summed E-state index contributed by atoms with van der Waals surface area (Å²) in [6, 6.07) is 1.54. The van der Waals surface area contributed by atoms with Crippen molar-refractivity contribution in [2.45, 2.75) is 19.8 Å². The van der Waals surface area contributed by atoms with Gasteiger partial charge >= 0.3 is 0 Å². The van der Waals surface area contributed by atoms with Crippen LogP contribution in [-0.4, -0.2) is 10.1 Å². The quantitative estimate of drug-likeness (QED) is 0.846. The number of hydrogen-bond acceptors (Lipinski definition) is 4. The molecular formula is C11H12FN3O. The molecule has 0 radical (unpaired) electrons. The largest absolute Gasteiger partial charge is 0.381 e. The molecule has 0 aliphatic rings. The number of nitrogens with two attached hydrogens (primary N) is 1. The van der Waals surface area contributed by atoms with Crippen LogP contribution in [0, 0.1) is 5.82 Å². The van der Waals surface area contributed by atoms with Crippen LogP contribution in [0.15, 0.2) is 23.0 Å². The number of pyridine rings is 1. The maximum Gasteiger partial charge on any atom is 0.175 e. The van der Waals surface area contributed by atoms with E-state index in [0.717, 1.165) is 11.8 Å². The first-order valence-electron chi connectivity index (χ1n) is 4.96. The van der Waals surface area contributed by atoms with Crippen LogP contribution >= 0.6 is 0 Å². The second kappa shape index (κ2) is 3.92. The molecule has 2 aromatic heterocycles. The van der Waals surface area contributed by atoms with Crippen LogP contribution in [0.5, 0.6) is 0 Å². The van der Waals surface area contributed by atoms with E-state index in [9.17, 15) is 4.39 Å². The van der Waals surface area contributed by atoms with E-state index in [2.05, 4.69) is 10.1 Å². The zero-order valence-corrected chi connectivity index (χ0v) is 9.07. The van der Waals surface area contributed by atoms with Crippen molar-refractivity contribution < 1.29 is 8.91 Å². The van der Waals surface area contributed by atoms with Crippen LogP contribution in [0.1, 0.15) is 25.3 Å². The van der Waals surface area contributed by atoms with Gasteiger partial charge in [-0.2, -0.15) is 0 Å². The monoisotopic (exact) mass is 221 g/mol. The molecule has 4 nitrogen and oxygen atoms in total. The SMILES string of the molecule is CC(C)c1c(N)noc1-c1ccncc1F. The molecule has 0 saturated carbocycles. The van der Waals surface area contributed by atoms with Crippen molar-refractivity contribution in [1.82, 2.24) is 10.1 Å². The van der Waals surface area contributed by atoms with Gasteiger partial charge in [-0.1, -0.05) is 19.0 Å². The Kier molecular flexibility index (Phi) is 2.60. The summed E-state index contributed by atoms with van der Waals surface area (Å²) in [5.41, 5.74) is 6.75. The Morgan fingerprint density at radius 2 is 2.19 bits per heavy atom. The van der Waals surface area contributed by atoms with Crippen LogP contribution in [-0.2, 0) is 0 Å². The van der Waals surface area contributed by atoms with Gasteiger partial charge in [-0.15, -0.1) is 0 Å². The molecule has 0 fully saturated rings. The van der Waals surface area contributed by atoms with Gasteiger partial charge in [-0.25, -0.2) is 4.39 Å². The van der Waals surface area contributed by atoms with Crippen molar-refractivity contribution in [2.75, 3.05) is 5.73 Å². The lowest BCUT2D eigenvalue weighted by atomic mass is 10.00. The Morgan fingerprint density at radius 1 is 1.44 bits per heavy atom. The third kappa shape index (κ3) is 1.64. The van der Waals surface area contributed by atoms with Crippen molar-refractivity contribution in [1.29, 1.82) is 0 Å². The van der Waals surface area contributed by atoms with Crippen molar-refractivity contribution >= 4 is 5.82 Å². The molecule has 5 heteroatoms. The van der Waals surface area contributed by atoms with E-state index >= 15 is 0 Å². The van der Waals surface area contributed by atoms with Crippen LogP contribution < -0.4 is 5.73 Å². The lowest BCUT2D eigenvalue weighted by Crippen LogP contribution is -1.96. The molecule has 16 heavy (non-hydrogen) atoms. The minimum absolute atomic E-state index is 0.119. The van der Waals surface area contributed by atoms with Gasteiger partial charge in [0.05, 0.1) is 11.8 Å². The zero-order chi connectivity index (χ0) is 11.7. The maximum atomic E-state index is 13.5. The standard InChI is InChI=1S/C11H12FN3O/c1-6(2)9-10(16-15-11(9)13)7-3-4-14-5-8(7)12/h3-6H,1-2H3,(H2,13,15). The van der Waals surface area contributed by atoms with E-state index in [1.807, 2.05) is 13.8 Å². The van der Waals surface area contributed by atoms with Gasteiger partial charge in [-0.3, -0.25) is 4.98 Å². The van der Waals surface area contributed by atoms with Gasteiger partial charge < -0.3 is 10.3 Å². The van der Waals surface area contributed by atoms with Crippen molar-refractivity contribution in [3.05, 3.63) is 29.8 Å². The predicted octanol–water partition coefficient (Wildman–Crippen LogP) is 2.58. The van der Waals surface area contributed by atoms with E-state index in [-0.39, 0.29) is 5.92 Å². The third-order valence-corrected chi connectivity index (χ3v) is 2.35. The molecule has 0 unspecified atom stereocenters. The number of halogens is 1. The van der Waals surface area contributed by atoms with E-state index in [1.165, 1.54) is 6.20 Å². The highest BCUT2D eigenvalue weighted by Gasteiger charge is 2.20. The normalized spacial score (nSPS) is 11.0. The number of rotatable bonds is 2. The summed E-state index contributed by atoms with van der Waals surface area (Å²) in [4.78, 5) is 3.68. The minimum atomic E-state index is -0.444. The minimum Gasteiger partial charge on any atom is -0.381 e. The Labute approximate surface area is 92.3 Å². The smallest absolute Gasteiger partial charge is 0.175 e. The van der Waals surface area contributed by atoms with E-state index in [1.54, 1.807) is 6.07 Å². The highest BCUT2D eigenvalue weighted by molar-refractivity contribution is 5.66. The summed E-state index contributed by atoms with van der Waals surface area (Å²) in [7, 11) is 0. The van der Waals surface area contributed by atoms with Crippen LogP contribution in [0.4, 0.5) is 10.2 Å². The molecular weight excluding hydrogens is 209 g/mol. The van der Waals surface area contributed by atoms with Gasteiger partial charge in [0.15, 0.2) is 17.4 Å². The topological polar surface area (TPSA) is 64.9 Å². The number of nitrogens with zero attached hydrogens (tertiary/aromatic N) is 2. The summed E-state index contributed by atoms with van der Waals surface area (Å²) < 4.78 is 18.6. The van der Waals surface area contributed by atoms with Gasteiger partial charge in [0, 0.05) is 11.8 Å². The zero-order valence-electron chi connectivity index (χ0n) is 9.07. The second-order valence-electron chi connectivity index (χ2n) is 3.82. The fourth-order valence-electron chi connectivity index (χ4n) is 1.62. The Hall–Kier alpha value is -1.91. The number of nitrogen functional groups attached to an aromatic ring is 1. The summed E-state index contributed by atoms with van der Waals surface area (Å²) in [5.74, 6) is 0.364. The summed E-state index contributed by atoms with van der Waals surface area (Å²) >= 11 is 0. The fraction of sp³-hybridized carbons (Fsp3) is 0.273. The molecule has 2 heterocycles. The molecule has 2 aromatic rings. The summed E-state index contributed by atoms with van der Waals surface area (Å²) in [6.45, 7) is 3.90. The Bertz CT molecular complexity index is 508. The number of anilines is 1. The molecule has 0 saturated heterocycles. The molecule has 0 atom stereocenters. The first kappa shape index (κ1) is 10.6. The molecule has 0 spiro atoms. The average molecular weight is 221 g/mol. The van der Waals surface area contributed by atoms with Crippen LogP contribution in [0.3, 0.4) is 0 Å². The predicted molar refractivity (Wildman–Crippen MR) is 58.2 cm³/mol.